The normalized spacial score (nSPS) is 13.3. The Morgan fingerprint density at radius 1 is 1.13 bits per heavy atom. The van der Waals surface area contributed by atoms with Gasteiger partial charge in [-0.25, -0.2) is 8.42 Å². The van der Waals surface area contributed by atoms with Crippen LogP contribution in [-0.4, -0.2) is 26.9 Å². The predicted molar refractivity (Wildman–Crippen MR) is 92.9 cm³/mol. The number of hydrogen-bond acceptors (Lipinski definition) is 3. The minimum atomic E-state index is -3.78. The molecule has 0 fully saturated rings. The van der Waals surface area contributed by atoms with Gasteiger partial charge in [0.25, 0.3) is 0 Å². The molecule has 0 spiro atoms. The second-order valence-electron chi connectivity index (χ2n) is 6.27. The Kier molecular flexibility index (Phi) is 7.51. The first-order chi connectivity index (χ1) is 10.6. The molecule has 1 aromatic carbocycles. The Balaban J connectivity index is 2.82. The van der Waals surface area contributed by atoms with E-state index >= 15 is 0 Å². The zero-order chi connectivity index (χ0) is 17.6. The van der Waals surface area contributed by atoms with Crippen molar-refractivity contribution in [3.05, 3.63) is 29.3 Å². The highest BCUT2D eigenvalue weighted by molar-refractivity contribution is 7.89. The first-order valence-electron chi connectivity index (χ1n) is 7.69. The molecule has 5 nitrogen and oxygen atoms in total. The van der Waals surface area contributed by atoms with Crippen molar-refractivity contribution in [2.75, 3.05) is 6.54 Å². The Bertz CT molecular complexity index is 613. The van der Waals surface area contributed by atoms with E-state index in [9.17, 15) is 13.2 Å². The summed E-state index contributed by atoms with van der Waals surface area (Å²) in [5, 5.41) is 3.25. The standard InChI is InChI=1S/C16H25ClN2O3S/c1-11(2)9-10-18-16(20)15(12(3)4)19-23(21,22)14-7-5-13(17)6-8-14/h5-8,11-12,15,19H,9-10H2,1-4H3,(H,18,20)/t15-/m0/s1. The molecule has 0 aromatic heterocycles. The van der Waals surface area contributed by atoms with Crippen molar-refractivity contribution in [1.82, 2.24) is 10.0 Å². The van der Waals surface area contributed by atoms with E-state index in [0.29, 0.717) is 17.5 Å². The van der Waals surface area contributed by atoms with Crippen molar-refractivity contribution in [1.29, 1.82) is 0 Å². The molecule has 130 valence electrons. The summed E-state index contributed by atoms with van der Waals surface area (Å²) < 4.78 is 27.3. The summed E-state index contributed by atoms with van der Waals surface area (Å²) in [6.07, 6.45) is 0.848. The van der Waals surface area contributed by atoms with Crippen LogP contribution in [0.2, 0.25) is 5.02 Å². The van der Waals surface area contributed by atoms with Gasteiger partial charge in [0.1, 0.15) is 6.04 Å². The zero-order valence-electron chi connectivity index (χ0n) is 14.0. The molecule has 0 radical (unpaired) electrons. The maximum Gasteiger partial charge on any atom is 0.241 e. The van der Waals surface area contributed by atoms with E-state index in [1.54, 1.807) is 13.8 Å². The molecule has 23 heavy (non-hydrogen) atoms. The molecule has 0 aliphatic heterocycles. The molecule has 0 saturated heterocycles. The van der Waals surface area contributed by atoms with Crippen LogP contribution in [0.15, 0.2) is 29.2 Å². The minimum Gasteiger partial charge on any atom is -0.355 e. The van der Waals surface area contributed by atoms with Gasteiger partial charge >= 0.3 is 0 Å². The molecule has 2 N–H and O–H groups in total. The lowest BCUT2D eigenvalue weighted by atomic mass is 10.0. The van der Waals surface area contributed by atoms with Crippen molar-refractivity contribution < 1.29 is 13.2 Å². The summed E-state index contributed by atoms with van der Waals surface area (Å²) in [4.78, 5) is 12.4. The van der Waals surface area contributed by atoms with Crippen LogP contribution in [0.4, 0.5) is 0 Å². The van der Waals surface area contributed by atoms with Crippen LogP contribution >= 0.6 is 11.6 Å². The Morgan fingerprint density at radius 3 is 2.17 bits per heavy atom. The molecular formula is C16H25ClN2O3S. The number of halogens is 1. The quantitative estimate of drug-likeness (QED) is 0.748. The minimum absolute atomic E-state index is 0.0857. The number of nitrogens with one attached hydrogen (secondary N) is 2. The third-order valence-electron chi connectivity index (χ3n) is 3.38. The molecule has 0 aliphatic carbocycles. The lowest BCUT2D eigenvalue weighted by Gasteiger charge is -2.22. The SMILES string of the molecule is CC(C)CCNC(=O)[C@@H](NS(=O)(=O)c1ccc(Cl)cc1)C(C)C. The van der Waals surface area contributed by atoms with Crippen LogP contribution in [0.1, 0.15) is 34.1 Å². The average molecular weight is 361 g/mol. The molecular weight excluding hydrogens is 336 g/mol. The van der Waals surface area contributed by atoms with Gasteiger partial charge in [0.05, 0.1) is 4.90 Å². The van der Waals surface area contributed by atoms with Gasteiger partial charge in [-0.15, -0.1) is 0 Å². The van der Waals surface area contributed by atoms with Crippen LogP contribution in [0, 0.1) is 11.8 Å². The van der Waals surface area contributed by atoms with E-state index in [0.717, 1.165) is 6.42 Å². The smallest absolute Gasteiger partial charge is 0.241 e. The highest BCUT2D eigenvalue weighted by Gasteiger charge is 2.28. The Morgan fingerprint density at radius 2 is 1.70 bits per heavy atom. The number of benzene rings is 1. The molecule has 0 saturated carbocycles. The Labute approximate surface area is 143 Å². The molecule has 1 atom stereocenters. The van der Waals surface area contributed by atoms with Crippen LogP contribution in [-0.2, 0) is 14.8 Å². The Hall–Kier alpha value is -1.11. The van der Waals surface area contributed by atoms with E-state index in [1.807, 2.05) is 0 Å². The van der Waals surface area contributed by atoms with Gasteiger partial charge in [0.15, 0.2) is 0 Å². The molecule has 0 aliphatic rings. The van der Waals surface area contributed by atoms with Crippen molar-refractivity contribution in [2.45, 2.75) is 45.1 Å². The second kappa shape index (κ2) is 8.66. The topological polar surface area (TPSA) is 75.3 Å². The highest BCUT2D eigenvalue weighted by atomic mass is 35.5. The average Bonchev–Trinajstić information content (AvgIpc) is 2.44. The molecule has 1 aromatic rings. The summed E-state index contributed by atoms with van der Waals surface area (Å²) in [7, 11) is -3.78. The van der Waals surface area contributed by atoms with Gasteiger partial charge in [-0.1, -0.05) is 39.3 Å². The first-order valence-corrected chi connectivity index (χ1v) is 9.55. The second-order valence-corrected chi connectivity index (χ2v) is 8.42. The largest absolute Gasteiger partial charge is 0.355 e. The number of carbonyl (C=O) groups is 1. The number of sulfonamides is 1. The summed E-state index contributed by atoms with van der Waals surface area (Å²) in [5.74, 6) is -0.00660. The summed E-state index contributed by atoms with van der Waals surface area (Å²) >= 11 is 5.77. The van der Waals surface area contributed by atoms with Crippen LogP contribution < -0.4 is 10.0 Å². The summed E-state index contributed by atoms with van der Waals surface area (Å²) in [6, 6.07) is 5.02. The number of amides is 1. The van der Waals surface area contributed by atoms with Gasteiger partial charge in [-0.2, -0.15) is 4.72 Å². The van der Waals surface area contributed by atoms with Gasteiger partial charge in [-0.05, 0) is 42.5 Å². The number of carbonyl (C=O) groups excluding carboxylic acids is 1. The summed E-state index contributed by atoms with van der Waals surface area (Å²) in [5.41, 5.74) is 0. The molecule has 7 heteroatoms. The maximum atomic E-state index is 12.4. The highest BCUT2D eigenvalue weighted by Crippen LogP contribution is 2.15. The van der Waals surface area contributed by atoms with Crippen LogP contribution in [0.25, 0.3) is 0 Å². The van der Waals surface area contributed by atoms with Gasteiger partial charge in [0.2, 0.25) is 15.9 Å². The lowest BCUT2D eigenvalue weighted by Crippen LogP contribution is -2.49. The molecule has 0 unspecified atom stereocenters. The van der Waals surface area contributed by atoms with E-state index in [-0.39, 0.29) is 16.7 Å². The lowest BCUT2D eigenvalue weighted by molar-refractivity contribution is -0.123. The fourth-order valence-corrected chi connectivity index (χ4v) is 3.41. The van der Waals surface area contributed by atoms with Crippen molar-refractivity contribution >= 4 is 27.5 Å². The summed E-state index contributed by atoms with van der Waals surface area (Å²) in [6.45, 7) is 8.27. The monoisotopic (exact) mass is 360 g/mol. The van der Waals surface area contributed by atoms with Gasteiger partial charge in [-0.3, -0.25) is 4.79 Å². The third-order valence-corrected chi connectivity index (χ3v) is 5.09. The molecule has 1 amide bonds. The molecule has 1 rings (SSSR count). The van der Waals surface area contributed by atoms with Crippen molar-refractivity contribution in [3.63, 3.8) is 0 Å². The molecule has 0 heterocycles. The van der Waals surface area contributed by atoms with Crippen molar-refractivity contribution in [2.24, 2.45) is 11.8 Å². The predicted octanol–water partition coefficient (Wildman–Crippen LogP) is 2.81. The fourth-order valence-electron chi connectivity index (χ4n) is 1.94. The zero-order valence-corrected chi connectivity index (χ0v) is 15.5. The third kappa shape index (κ3) is 6.49. The van der Waals surface area contributed by atoms with E-state index in [4.69, 9.17) is 11.6 Å². The van der Waals surface area contributed by atoms with E-state index < -0.39 is 16.1 Å². The first kappa shape index (κ1) is 19.9. The van der Waals surface area contributed by atoms with Crippen molar-refractivity contribution in [3.8, 4) is 0 Å². The van der Waals surface area contributed by atoms with E-state index in [2.05, 4.69) is 23.9 Å². The fraction of sp³-hybridized carbons (Fsp3) is 0.562. The number of rotatable bonds is 8. The van der Waals surface area contributed by atoms with Gasteiger partial charge < -0.3 is 5.32 Å². The van der Waals surface area contributed by atoms with Crippen LogP contribution in [0.5, 0.6) is 0 Å². The molecule has 0 bridgehead atoms. The maximum absolute atomic E-state index is 12.4. The van der Waals surface area contributed by atoms with Crippen LogP contribution in [0.3, 0.4) is 0 Å². The van der Waals surface area contributed by atoms with E-state index in [1.165, 1.54) is 24.3 Å². The number of hydrogen-bond donors (Lipinski definition) is 2. The van der Waals surface area contributed by atoms with Gasteiger partial charge in [0, 0.05) is 11.6 Å².